The number of nitrogens with zero attached hydrogens (tertiary/aromatic N) is 1. The molecule has 0 saturated carbocycles. The summed E-state index contributed by atoms with van der Waals surface area (Å²) in [5.41, 5.74) is 3.04. The molecule has 138 valence electrons. The van der Waals surface area contributed by atoms with E-state index in [-0.39, 0.29) is 12.4 Å². The molecule has 0 fully saturated rings. The van der Waals surface area contributed by atoms with Gasteiger partial charge in [0.2, 0.25) is 0 Å². The van der Waals surface area contributed by atoms with Crippen LogP contribution in [0.5, 0.6) is 5.75 Å². The molecule has 0 saturated heterocycles. The number of ether oxygens (including phenoxy) is 1. The third-order valence-electron chi connectivity index (χ3n) is 4.04. The molecule has 4 heteroatoms. The summed E-state index contributed by atoms with van der Waals surface area (Å²) in [5, 5.41) is 0. The lowest BCUT2D eigenvalue weighted by molar-refractivity contribution is -0.567. The Morgan fingerprint density at radius 2 is 1.74 bits per heavy atom. The van der Waals surface area contributed by atoms with E-state index in [1.165, 1.54) is 11.1 Å². The number of hydrogen-bond acceptors (Lipinski definition) is 2. The fraction of sp³-hybridized carbons (Fsp3) is 0.130. The largest absolute Gasteiger partial charge is 1.00 e. The molecule has 0 unspecified atom stereocenters. The Morgan fingerprint density at radius 1 is 0.926 bits per heavy atom. The molecule has 0 aliphatic heterocycles. The molecule has 0 atom stereocenters. The summed E-state index contributed by atoms with van der Waals surface area (Å²) in [5.74, 6) is 0.652. The summed E-state index contributed by atoms with van der Waals surface area (Å²) in [7, 11) is 0. The number of pyridine rings is 1. The van der Waals surface area contributed by atoms with Crippen LogP contribution in [0.15, 0.2) is 79.1 Å². The van der Waals surface area contributed by atoms with Crippen molar-refractivity contribution in [3.8, 4) is 5.75 Å². The second kappa shape index (κ2) is 10.9. The van der Waals surface area contributed by atoms with Crippen LogP contribution in [-0.4, -0.2) is 12.9 Å². The summed E-state index contributed by atoms with van der Waals surface area (Å²) < 4.78 is 7.76. The molecule has 3 nitrogen and oxygen atoms in total. The van der Waals surface area contributed by atoms with Gasteiger partial charge >= 0.3 is 0 Å². The summed E-state index contributed by atoms with van der Waals surface area (Å²) in [6.07, 6.45) is 10.8. The van der Waals surface area contributed by atoms with Crippen molar-refractivity contribution in [2.45, 2.75) is 12.8 Å². The third-order valence-corrected chi connectivity index (χ3v) is 4.04. The number of aryl methyl sites for hydroxylation is 1. The molecular formula is C23H22ClNO2. The fourth-order valence-electron chi connectivity index (χ4n) is 2.70. The van der Waals surface area contributed by atoms with Crippen LogP contribution >= 0.6 is 0 Å². The first-order chi connectivity index (χ1) is 12.8. The summed E-state index contributed by atoms with van der Waals surface area (Å²) in [6.45, 7) is 0.588. The van der Waals surface area contributed by atoms with Crippen molar-refractivity contribution in [3.05, 3.63) is 95.8 Å². The van der Waals surface area contributed by atoms with E-state index in [9.17, 15) is 4.79 Å². The molecule has 0 radical (unpaired) electrons. The number of aromatic nitrogens is 1. The maximum atomic E-state index is 11.0. The average molecular weight is 380 g/mol. The highest BCUT2D eigenvalue weighted by atomic mass is 35.5. The topological polar surface area (TPSA) is 30.2 Å². The van der Waals surface area contributed by atoms with Crippen molar-refractivity contribution in [1.29, 1.82) is 0 Å². The highest BCUT2D eigenvalue weighted by molar-refractivity contribution is 5.79. The number of carbonyl (C=O) groups excluding carboxylic acids is 1. The van der Waals surface area contributed by atoms with E-state index in [4.69, 9.17) is 4.74 Å². The van der Waals surface area contributed by atoms with Crippen molar-refractivity contribution in [2.24, 2.45) is 0 Å². The maximum Gasteiger partial charge on any atom is 0.175 e. The fourth-order valence-corrected chi connectivity index (χ4v) is 2.70. The van der Waals surface area contributed by atoms with Gasteiger partial charge in [-0.1, -0.05) is 42.5 Å². The zero-order valence-electron chi connectivity index (χ0n) is 15.0. The van der Waals surface area contributed by atoms with Gasteiger partial charge in [0.25, 0.3) is 0 Å². The molecular weight excluding hydrogens is 358 g/mol. The second-order valence-corrected chi connectivity index (χ2v) is 5.99. The van der Waals surface area contributed by atoms with E-state index in [1.807, 2.05) is 59.6 Å². The van der Waals surface area contributed by atoms with Gasteiger partial charge in [-0.3, -0.25) is 4.79 Å². The van der Waals surface area contributed by atoms with E-state index >= 15 is 0 Å². The minimum atomic E-state index is 0. The molecule has 1 aromatic heterocycles. The number of benzene rings is 2. The molecule has 0 spiro atoms. The Balaban J connectivity index is 0.00000261. The van der Waals surface area contributed by atoms with Crippen molar-refractivity contribution >= 4 is 18.6 Å². The molecule has 0 aliphatic carbocycles. The summed E-state index contributed by atoms with van der Waals surface area (Å²) in [4.78, 5) is 11.0. The van der Waals surface area contributed by atoms with Gasteiger partial charge in [0.15, 0.2) is 24.9 Å². The molecule has 0 amide bonds. The highest BCUT2D eigenvalue weighted by Gasteiger charge is 2.02. The molecule has 1 heterocycles. The molecule has 27 heavy (non-hydrogen) atoms. The molecule has 3 aromatic rings. The van der Waals surface area contributed by atoms with Gasteiger partial charge in [0.1, 0.15) is 5.75 Å². The first-order valence-corrected chi connectivity index (χ1v) is 8.75. The van der Waals surface area contributed by atoms with Crippen molar-refractivity contribution < 1.29 is 26.5 Å². The van der Waals surface area contributed by atoms with Crippen LogP contribution < -0.4 is 21.7 Å². The van der Waals surface area contributed by atoms with Crippen molar-refractivity contribution in [1.82, 2.24) is 0 Å². The Hall–Kier alpha value is -2.91. The number of rotatable bonds is 8. The van der Waals surface area contributed by atoms with Crippen molar-refractivity contribution in [3.63, 3.8) is 0 Å². The first-order valence-electron chi connectivity index (χ1n) is 8.75. The quantitative estimate of drug-likeness (QED) is 0.337. The van der Waals surface area contributed by atoms with Crippen LogP contribution in [0.25, 0.3) is 12.3 Å². The maximum absolute atomic E-state index is 11.0. The number of hydrogen-bond donors (Lipinski definition) is 0. The predicted octanol–water partition coefficient (Wildman–Crippen LogP) is 1.43. The lowest BCUT2D eigenvalue weighted by atomic mass is 10.1. The van der Waals surface area contributed by atoms with Gasteiger partial charge in [0.05, 0.1) is 12.2 Å². The van der Waals surface area contributed by atoms with E-state index < -0.39 is 0 Å². The number of halogens is 1. The molecule has 2 aromatic carbocycles. The zero-order valence-corrected chi connectivity index (χ0v) is 15.8. The van der Waals surface area contributed by atoms with E-state index in [2.05, 4.69) is 30.3 Å². The molecule has 0 aliphatic rings. The molecule has 0 bridgehead atoms. The zero-order chi connectivity index (χ0) is 18.0. The lowest BCUT2D eigenvalue weighted by Gasteiger charge is -2.08. The van der Waals surface area contributed by atoms with Gasteiger partial charge in [0, 0.05) is 18.2 Å². The lowest BCUT2D eigenvalue weighted by Crippen LogP contribution is -3.00. The van der Waals surface area contributed by atoms with Gasteiger partial charge in [-0.2, -0.15) is 4.57 Å². The van der Waals surface area contributed by atoms with Crippen LogP contribution in [0, 0.1) is 0 Å². The monoisotopic (exact) mass is 379 g/mol. The number of para-hydroxylation sites is 1. The Bertz CT molecular complexity index is 878. The van der Waals surface area contributed by atoms with Gasteiger partial charge < -0.3 is 17.1 Å². The first kappa shape index (κ1) is 20.4. The van der Waals surface area contributed by atoms with E-state index in [1.54, 1.807) is 6.07 Å². The van der Waals surface area contributed by atoms with Crippen LogP contribution in [0.3, 0.4) is 0 Å². The smallest absolute Gasteiger partial charge is 0.175 e. The Morgan fingerprint density at radius 3 is 2.56 bits per heavy atom. The van der Waals surface area contributed by atoms with Crippen LogP contribution in [0.2, 0.25) is 0 Å². The summed E-state index contributed by atoms with van der Waals surface area (Å²) in [6, 6.07) is 21.8. The Kier molecular flexibility index (Phi) is 8.27. The second-order valence-electron chi connectivity index (χ2n) is 5.99. The third kappa shape index (κ3) is 6.39. The molecule has 3 rings (SSSR count). The minimum Gasteiger partial charge on any atom is -1.00 e. The standard InChI is InChI=1S/C23H22NO2.ClH/c25-19-22-11-2-3-12-23(22)26-17-7-10-20-8-6-9-21(18-20)13-16-24-14-4-1-5-15-24;/h1-6,8-9,11-16,18-19H,7,10,17H2;1H/q+1;/p-1. The van der Waals surface area contributed by atoms with Crippen LogP contribution in [0.4, 0.5) is 0 Å². The van der Waals surface area contributed by atoms with Gasteiger partial charge in [-0.25, -0.2) is 0 Å². The van der Waals surface area contributed by atoms with Gasteiger partial charge in [-0.05, 0) is 36.1 Å². The van der Waals surface area contributed by atoms with E-state index in [0.29, 0.717) is 17.9 Å². The predicted molar refractivity (Wildman–Crippen MR) is 104 cm³/mol. The van der Waals surface area contributed by atoms with Crippen LogP contribution in [-0.2, 0) is 6.42 Å². The van der Waals surface area contributed by atoms with Gasteiger partial charge in [-0.15, -0.1) is 0 Å². The minimum absolute atomic E-state index is 0. The molecule has 0 N–H and O–H groups in total. The van der Waals surface area contributed by atoms with Crippen LogP contribution in [0.1, 0.15) is 27.9 Å². The van der Waals surface area contributed by atoms with Crippen molar-refractivity contribution in [2.75, 3.05) is 6.61 Å². The number of carbonyl (C=O) groups is 1. The van der Waals surface area contributed by atoms with E-state index in [0.717, 1.165) is 19.1 Å². The highest BCUT2D eigenvalue weighted by Crippen LogP contribution is 2.16. The Labute approximate surface area is 166 Å². The normalized spacial score (nSPS) is 10.4. The summed E-state index contributed by atoms with van der Waals surface area (Å²) >= 11 is 0. The average Bonchev–Trinajstić information content (AvgIpc) is 2.71. The number of aldehydes is 1. The SMILES string of the molecule is O=Cc1ccccc1OCCCc1cccc(C=C[n+]2ccccc2)c1.[Cl-].